The van der Waals surface area contributed by atoms with Crippen LogP contribution < -0.4 is 5.73 Å². The Morgan fingerprint density at radius 3 is 2.21 bits per heavy atom. The van der Waals surface area contributed by atoms with E-state index in [9.17, 15) is 4.79 Å². The highest BCUT2D eigenvalue weighted by Gasteiger charge is 2.70. The summed E-state index contributed by atoms with van der Waals surface area (Å²) in [5.74, 6) is 3.56. The van der Waals surface area contributed by atoms with E-state index in [2.05, 4.69) is 72.9 Å². The molecule has 234 valence electrons. The zero-order valence-corrected chi connectivity index (χ0v) is 28.2. The molecule has 1 aromatic rings. The molecule has 0 amide bonds. The van der Waals surface area contributed by atoms with E-state index in [0.29, 0.717) is 45.3 Å². The van der Waals surface area contributed by atoms with E-state index in [0.717, 1.165) is 24.8 Å². The number of rotatable bonds is 5. The summed E-state index contributed by atoms with van der Waals surface area (Å²) in [4.78, 5) is 12.4. The summed E-state index contributed by atoms with van der Waals surface area (Å²) in [5.41, 5.74) is 12.7. The number of carbonyl (C=O) groups is 1. The molecule has 1 aromatic carbocycles. The fourth-order valence-corrected chi connectivity index (χ4v) is 12.7. The number of allylic oxidation sites excluding steroid dienone is 4. The number of hydrogen-bond donors (Lipinski definition) is 1. The predicted octanol–water partition coefficient (Wildman–Crippen LogP) is 9.99. The van der Waals surface area contributed by atoms with Crippen molar-refractivity contribution in [3.05, 3.63) is 66.0 Å². The molecule has 4 saturated carbocycles. The molecule has 0 saturated heterocycles. The Labute approximate surface area is 261 Å². The minimum atomic E-state index is -0.335. The summed E-state index contributed by atoms with van der Waals surface area (Å²) < 4.78 is 5.25. The second-order valence-electron chi connectivity index (χ2n) is 17.0. The van der Waals surface area contributed by atoms with Crippen LogP contribution in [0.4, 0.5) is 0 Å². The van der Waals surface area contributed by atoms with Crippen LogP contribution in [0.1, 0.15) is 122 Å². The van der Waals surface area contributed by atoms with Gasteiger partial charge in [-0.1, -0.05) is 71.6 Å². The summed E-state index contributed by atoms with van der Waals surface area (Å²) in [6.07, 6.45) is 14.3. The predicted molar refractivity (Wildman–Crippen MR) is 178 cm³/mol. The molecule has 3 nitrogen and oxygen atoms in total. The molecule has 3 heteroatoms. The van der Waals surface area contributed by atoms with Crippen molar-refractivity contribution in [2.75, 3.05) is 6.54 Å². The Balaban J connectivity index is 1.32. The summed E-state index contributed by atoms with van der Waals surface area (Å²) in [6.45, 7) is 26.2. The van der Waals surface area contributed by atoms with Crippen molar-refractivity contribution < 1.29 is 9.53 Å². The van der Waals surface area contributed by atoms with Crippen molar-refractivity contribution in [3.8, 4) is 0 Å². The number of ether oxygens (including phenoxy) is 1. The fraction of sp³-hybridized carbons (Fsp3) is 0.675. The first-order valence-corrected chi connectivity index (χ1v) is 17.2. The van der Waals surface area contributed by atoms with E-state index < -0.39 is 0 Å². The van der Waals surface area contributed by atoms with E-state index in [1.807, 2.05) is 12.1 Å². The van der Waals surface area contributed by atoms with Gasteiger partial charge in [0.2, 0.25) is 0 Å². The standard InChI is InChI=1S/C40H57NO2/c1-25(2)29-16-21-40(24-41)23-22-38(8)31(34(29)40)14-15-33-37(7)19-17-30(36(5,6)32(37)18-20-39(33,38)9)27-10-12-28(13-11-27)35(42)43-26(3)4/h10-13,17,29,31-34H,1,3,14-16,18-24,41H2,2,4-9H3/t29-,31+,32-,33+,34+,37-,38+,39+,40+/m0/s1. The van der Waals surface area contributed by atoms with Gasteiger partial charge in [0.05, 0.1) is 11.3 Å². The average molecular weight is 584 g/mol. The molecule has 0 unspecified atom stereocenters. The van der Waals surface area contributed by atoms with Crippen molar-refractivity contribution in [3.63, 3.8) is 0 Å². The Hall–Kier alpha value is -2.13. The molecular formula is C40H57NO2. The Morgan fingerprint density at radius 1 is 0.884 bits per heavy atom. The molecule has 5 aliphatic rings. The third-order valence-corrected chi connectivity index (χ3v) is 14.9. The first kappa shape index (κ1) is 30.9. The second kappa shape index (κ2) is 10.2. The van der Waals surface area contributed by atoms with E-state index in [1.165, 1.54) is 68.1 Å². The zero-order valence-electron chi connectivity index (χ0n) is 28.2. The number of fused-ring (bicyclic) bond motifs is 7. The van der Waals surface area contributed by atoms with Crippen molar-refractivity contribution >= 4 is 11.5 Å². The van der Waals surface area contributed by atoms with Crippen LogP contribution in [0.5, 0.6) is 0 Å². The maximum atomic E-state index is 12.4. The van der Waals surface area contributed by atoms with Gasteiger partial charge in [0.25, 0.3) is 0 Å². The monoisotopic (exact) mass is 583 g/mol. The molecule has 0 bridgehead atoms. The van der Waals surface area contributed by atoms with E-state index in [4.69, 9.17) is 10.5 Å². The minimum absolute atomic E-state index is 0.0591. The lowest BCUT2D eigenvalue weighted by molar-refractivity contribution is -0.224. The normalized spacial score (nSPS) is 42.9. The lowest BCUT2D eigenvalue weighted by Crippen LogP contribution is -2.65. The van der Waals surface area contributed by atoms with Crippen LogP contribution in [0.2, 0.25) is 0 Å². The largest absolute Gasteiger partial charge is 0.428 e. The molecule has 0 heterocycles. The van der Waals surface area contributed by atoms with Gasteiger partial charge in [-0.15, -0.1) is 0 Å². The van der Waals surface area contributed by atoms with E-state index in [-0.39, 0.29) is 16.8 Å². The second-order valence-corrected chi connectivity index (χ2v) is 17.0. The van der Waals surface area contributed by atoms with Crippen molar-refractivity contribution in [1.82, 2.24) is 0 Å². The Bertz CT molecular complexity index is 1350. The molecule has 2 N–H and O–H groups in total. The first-order chi connectivity index (χ1) is 20.1. The number of carbonyl (C=O) groups excluding carboxylic acids is 1. The molecular weight excluding hydrogens is 526 g/mol. The maximum Gasteiger partial charge on any atom is 0.343 e. The van der Waals surface area contributed by atoms with Gasteiger partial charge >= 0.3 is 5.97 Å². The molecule has 0 spiro atoms. The fourth-order valence-electron chi connectivity index (χ4n) is 12.7. The molecule has 43 heavy (non-hydrogen) atoms. The number of esters is 1. The molecule has 6 rings (SSSR count). The Kier molecular flexibility index (Phi) is 7.32. The number of nitrogens with two attached hydrogens (primary N) is 1. The highest BCUT2D eigenvalue weighted by atomic mass is 16.5. The number of hydrogen-bond acceptors (Lipinski definition) is 3. The molecule has 0 radical (unpaired) electrons. The highest BCUT2D eigenvalue weighted by molar-refractivity contribution is 5.90. The van der Waals surface area contributed by atoms with Crippen LogP contribution in [-0.4, -0.2) is 12.5 Å². The van der Waals surface area contributed by atoms with Crippen molar-refractivity contribution in [2.45, 2.75) is 106 Å². The molecule has 9 atom stereocenters. The van der Waals surface area contributed by atoms with Crippen molar-refractivity contribution in [2.24, 2.45) is 62.4 Å². The van der Waals surface area contributed by atoms with Gasteiger partial charge in [-0.05, 0) is 158 Å². The van der Waals surface area contributed by atoms with Crippen molar-refractivity contribution in [1.29, 1.82) is 0 Å². The highest BCUT2D eigenvalue weighted by Crippen LogP contribution is 2.77. The van der Waals surface area contributed by atoms with Crippen LogP contribution in [0, 0.1) is 56.7 Å². The van der Waals surface area contributed by atoms with Gasteiger partial charge in [0, 0.05) is 0 Å². The lowest BCUT2D eigenvalue weighted by atomic mass is 9.32. The van der Waals surface area contributed by atoms with Crippen LogP contribution in [0.15, 0.2) is 54.8 Å². The van der Waals surface area contributed by atoms with Gasteiger partial charge in [-0.3, -0.25) is 0 Å². The zero-order chi connectivity index (χ0) is 31.2. The summed E-state index contributed by atoms with van der Waals surface area (Å²) >= 11 is 0. The third-order valence-electron chi connectivity index (χ3n) is 14.9. The maximum absolute atomic E-state index is 12.4. The summed E-state index contributed by atoms with van der Waals surface area (Å²) in [7, 11) is 0. The average Bonchev–Trinajstić information content (AvgIpc) is 3.33. The van der Waals surface area contributed by atoms with Crippen LogP contribution in [0.25, 0.3) is 5.57 Å². The smallest absolute Gasteiger partial charge is 0.343 e. The van der Waals surface area contributed by atoms with Gasteiger partial charge in [-0.25, -0.2) is 4.79 Å². The Morgan fingerprint density at radius 2 is 1.58 bits per heavy atom. The van der Waals surface area contributed by atoms with Gasteiger partial charge in [0.15, 0.2) is 0 Å². The quantitative estimate of drug-likeness (QED) is 0.213. The number of benzene rings is 1. The van der Waals surface area contributed by atoms with Crippen LogP contribution >= 0.6 is 0 Å². The van der Waals surface area contributed by atoms with Gasteiger partial charge in [-0.2, -0.15) is 0 Å². The van der Waals surface area contributed by atoms with E-state index in [1.54, 1.807) is 6.92 Å². The first-order valence-electron chi connectivity index (χ1n) is 17.2. The molecule has 5 aliphatic carbocycles. The molecule has 0 aromatic heterocycles. The molecule has 0 aliphatic heterocycles. The summed E-state index contributed by atoms with van der Waals surface area (Å²) in [6, 6.07) is 8.07. The van der Waals surface area contributed by atoms with Gasteiger partial charge in [0.1, 0.15) is 0 Å². The topological polar surface area (TPSA) is 52.3 Å². The third kappa shape index (κ3) is 4.26. The van der Waals surface area contributed by atoms with Gasteiger partial charge < -0.3 is 10.5 Å². The van der Waals surface area contributed by atoms with Crippen LogP contribution in [0.3, 0.4) is 0 Å². The van der Waals surface area contributed by atoms with Crippen LogP contribution in [-0.2, 0) is 4.74 Å². The summed E-state index contributed by atoms with van der Waals surface area (Å²) in [5, 5.41) is 0. The van der Waals surface area contributed by atoms with E-state index >= 15 is 0 Å². The lowest BCUT2D eigenvalue weighted by Gasteiger charge is -2.72. The minimum Gasteiger partial charge on any atom is -0.428 e. The molecule has 4 fully saturated rings. The SMILES string of the molecule is C=C(C)OC(=O)c1ccc(C2=CC[C@]3(C)[C@H]4CC[C@@H]5[C@H]6[C@H](C(=C)C)CC[C@]6(CN)CC[C@@]5(C)[C@]4(C)CC[C@H]3C2(C)C)cc1.